The molecule has 1 aliphatic rings. The van der Waals surface area contributed by atoms with Crippen molar-refractivity contribution in [3.63, 3.8) is 0 Å². The summed E-state index contributed by atoms with van der Waals surface area (Å²) in [6, 6.07) is 8.41. The molecule has 0 radical (unpaired) electrons. The van der Waals surface area contributed by atoms with Gasteiger partial charge in [0, 0.05) is 50.2 Å². The van der Waals surface area contributed by atoms with E-state index in [2.05, 4.69) is 47.6 Å². The van der Waals surface area contributed by atoms with E-state index >= 15 is 0 Å². The first-order valence-corrected chi connectivity index (χ1v) is 11.4. The van der Waals surface area contributed by atoms with Crippen molar-refractivity contribution in [3.05, 3.63) is 64.9 Å². The molecule has 164 valence electrons. The Bertz CT molecular complexity index is 1050. The average molecular weight is 420 g/mol. The molecule has 0 saturated carbocycles. The van der Waals surface area contributed by atoms with Crippen molar-refractivity contribution in [3.8, 4) is 0 Å². The molecular formula is C25H33N5O. The third-order valence-corrected chi connectivity index (χ3v) is 6.21. The lowest BCUT2D eigenvalue weighted by Crippen LogP contribution is -2.34. The summed E-state index contributed by atoms with van der Waals surface area (Å²) in [6.07, 6.45) is 9.28. The number of nitrogens with one attached hydrogen (secondary N) is 1. The summed E-state index contributed by atoms with van der Waals surface area (Å²) in [4.78, 5) is 24.7. The Kier molecular flexibility index (Phi) is 6.66. The van der Waals surface area contributed by atoms with E-state index < -0.39 is 0 Å². The van der Waals surface area contributed by atoms with Crippen molar-refractivity contribution in [1.82, 2.24) is 24.6 Å². The van der Waals surface area contributed by atoms with Crippen molar-refractivity contribution in [2.24, 2.45) is 0 Å². The molecule has 3 aromatic heterocycles. The van der Waals surface area contributed by atoms with E-state index in [1.54, 1.807) is 0 Å². The van der Waals surface area contributed by atoms with Crippen LogP contribution < -0.4 is 5.32 Å². The molecule has 0 aromatic carbocycles. The number of aromatic nitrogens is 3. The Labute approximate surface area is 184 Å². The van der Waals surface area contributed by atoms with E-state index in [4.69, 9.17) is 4.98 Å². The van der Waals surface area contributed by atoms with Crippen molar-refractivity contribution in [2.45, 2.75) is 65.5 Å². The molecule has 1 unspecified atom stereocenters. The maximum Gasteiger partial charge on any atom is 0.274 e. The molecule has 1 fully saturated rings. The average Bonchev–Trinajstić information content (AvgIpc) is 2.91. The molecule has 6 nitrogen and oxygen atoms in total. The molecule has 6 heteroatoms. The third kappa shape index (κ3) is 4.96. The minimum Gasteiger partial charge on any atom is -0.337 e. The zero-order chi connectivity index (χ0) is 21.8. The number of pyridine rings is 2. The van der Waals surface area contributed by atoms with Crippen LogP contribution in [0.15, 0.2) is 36.7 Å². The molecule has 1 N–H and O–H groups in total. The topological polar surface area (TPSA) is 62.5 Å². The summed E-state index contributed by atoms with van der Waals surface area (Å²) in [5, 5.41) is 3.61. The number of aryl methyl sites for hydroxylation is 2. The number of amides is 1. The van der Waals surface area contributed by atoms with E-state index in [1.807, 2.05) is 29.4 Å². The minimum atomic E-state index is 0.0632. The van der Waals surface area contributed by atoms with Gasteiger partial charge in [0.15, 0.2) is 5.69 Å². The second-order valence-corrected chi connectivity index (χ2v) is 8.80. The van der Waals surface area contributed by atoms with Crippen molar-refractivity contribution < 1.29 is 4.79 Å². The van der Waals surface area contributed by atoms with E-state index in [-0.39, 0.29) is 11.9 Å². The predicted octanol–water partition coefficient (Wildman–Crippen LogP) is 4.08. The lowest BCUT2D eigenvalue weighted by atomic mass is 10.1. The van der Waals surface area contributed by atoms with Crippen molar-refractivity contribution >= 4 is 11.6 Å². The largest absolute Gasteiger partial charge is 0.337 e. The van der Waals surface area contributed by atoms with Crippen LogP contribution >= 0.6 is 0 Å². The van der Waals surface area contributed by atoms with Crippen LogP contribution in [0.4, 0.5) is 0 Å². The minimum absolute atomic E-state index is 0.0632. The predicted molar refractivity (Wildman–Crippen MR) is 123 cm³/mol. The van der Waals surface area contributed by atoms with Gasteiger partial charge in [-0.2, -0.15) is 0 Å². The van der Waals surface area contributed by atoms with Crippen LogP contribution in [0.25, 0.3) is 5.65 Å². The molecule has 1 aliphatic heterocycles. The molecular weight excluding hydrogens is 386 g/mol. The Morgan fingerprint density at radius 1 is 1.16 bits per heavy atom. The van der Waals surface area contributed by atoms with E-state index in [0.29, 0.717) is 12.2 Å². The van der Waals surface area contributed by atoms with Gasteiger partial charge in [-0.25, -0.2) is 4.98 Å². The molecule has 1 atom stereocenters. The summed E-state index contributed by atoms with van der Waals surface area (Å²) < 4.78 is 2.06. The molecule has 0 bridgehead atoms. The second kappa shape index (κ2) is 9.60. The van der Waals surface area contributed by atoms with Gasteiger partial charge in [0.05, 0.1) is 5.69 Å². The van der Waals surface area contributed by atoms with Gasteiger partial charge in [0.1, 0.15) is 5.65 Å². The smallest absolute Gasteiger partial charge is 0.274 e. The Balaban J connectivity index is 1.57. The van der Waals surface area contributed by atoms with Gasteiger partial charge in [0.25, 0.3) is 5.91 Å². The number of hydrogen-bond acceptors (Lipinski definition) is 4. The number of carbonyl (C=O) groups excluding carboxylic acids is 1. The summed E-state index contributed by atoms with van der Waals surface area (Å²) in [5.41, 5.74) is 5.82. The van der Waals surface area contributed by atoms with Crippen LogP contribution in [-0.2, 0) is 13.0 Å². The normalized spacial score (nSPS) is 15.8. The SMILES string of the molecule is Cc1ccn2c(CNC(C)Cc3ncccc3C)c(C(=O)N3CCCCCC3)nc2c1. The van der Waals surface area contributed by atoms with Crippen molar-refractivity contribution in [1.29, 1.82) is 0 Å². The van der Waals surface area contributed by atoms with Crippen LogP contribution in [0.2, 0.25) is 0 Å². The fourth-order valence-electron chi connectivity index (χ4n) is 4.33. The number of nitrogens with zero attached hydrogens (tertiary/aromatic N) is 4. The van der Waals surface area contributed by atoms with E-state index in [0.717, 1.165) is 55.0 Å². The molecule has 31 heavy (non-hydrogen) atoms. The van der Waals surface area contributed by atoms with E-state index in [1.165, 1.54) is 18.4 Å². The lowest BCUT2D eigenvalue weighted by Gasteiger charge is -2.20. The first-order chi connectivity index (χ1) is 15.0. The molecule has 1 saturated heterocycles. The maximum atomic E-state index is 13.4. The van der Waals surface area contributed by atoms with Gasteiger partial charge in [0.2, 0.25) is 0 Å². The molecule has 4 heterocycles. The molecule has 0 aliphatic carbocycles. The fraction of sp³-hybridized carbons (Fsp3) is 0.480. The quantitative estimate of drug-likeness (QED) is 0.654. The molecule has 0 spiro atoms. The number of carbonyl (C=O) groups is 1. The molecule has 3 aromatic rings. The number of rotatable bonds is 6. The van der Waals surface area contributed by atoms with Gasteiger partial charge in [-0.05, 0) is 62.9 Å². The summed E-state index contributed by atoms with van der Waals surface area (Å²) >= 11 is 0. The van der Waals surface area contributed by atoms with Crippen LogP contribution in [0.5, 0.6) is 0 Å². The monoisotopic (exact) mass is 419 g/mol. The zero-order valence-electron chi connectivity index (χ0n) is 18.9. The molecule has 1 amide bonds. The second-order valence-electron chi connectivity index (χ2n) is 8.80. The van der Waals surface area contributed by atoms with Crippen LogP contribution in [-0.4, -0.2) is 44.3 Å². The zero-order valence-corrected chi connectivity index (χ0v) is 18.9. The first kappa shape index (κ1) is 21.5. The maximum absolute atomic E-state index is 13.4. The third-order valence-electron chi connectivity index (χ3n) is 6.21. The van der Waals surface area contributed by atoms with Gasteiger partial charge >= 0.3 is 0 Å². The first-order valence-electron chi connectivity index (χ1n) is 11.4. The highest BCUT2D eigenvalue weighted by Gasteiger charge is 2.25. The summed E-state index contributed by atoms with van der Waals surface area (Å²) in [7, 11) is 0. The van der Waals surface area contributed by atoms with Crippen LogP contribution in [0.1, 0.15) is 65.6 Å². The highest BCUT2D eigenvalue weighted by Crippen LogP contribution is 2.19. The van der Waals surface area contributed by atoms with E-state index in [9.17, 15) is 4.79 Å². The van der Waals surface area contributed by atoms with Gasteiger partial charge in [-0.15, -0.1) is 0 Å². The van der Waals surface area contributed by atoms with Gasteiger partial charge in [-0.3, -0.25) is 9.78 Å². The van der Waals surface area contributed by atoms with Gasteiger partial charge < -0.3 is 14.6 Å². The highest BCUT2D eigenvalue weighted by atomic mass is 16.2. The number of imidazole rings is 1. The Morgan fingerprint density at radius 3 is 2.68 bits per heavy atom. The highest BCUT2D eigenvalue weighted by molar-refractivity contribution is 5.94. The fourth-order valence-corrected chi connectivity index (χ4v) is 4.33. The number of likely N-dealkylation sites (tertiary alicyclic amines) is 1. The standard InChI is InChI=1S/C25H33N5O/c1-18-10-14-30-22(17-27-20(3)16-21-19(2)9-8-11-26-21)24(28-23(30)15-18)25(31)29-12-6-4-5-7-13-29/h8-11,14-15,20,27H,4-7,12-13,16-17H2,1-3H3. The molecule has 4 rings (SSSR count). The van der Waals surface area contributed by atoms with Gasteiger partial charge in [-0.1, -0.05) is 18.9 Å². The Hall–Kier alpha value is -2.73. The number of hydrogen-bond donors (Lipinski definition) is 1. The van der Waals surface area contributed by atoms with Crippen LogP contribution in [0, 0.1) is 13.8 Å². The van der Waals surface area contributed by atoms with Crippen molar-refractivity contribution in [2.75, 3.05) is 13.1 Å². The Morgan fingerprint density at radius 2 is 1.94 bits per heavy atom. The lowest BCUT2D eigenvalue weighted by molar-refractivity contribution is 0.0755. The summed E-state index contributed by atoms with van der Waals surface area (Å²) in [5.74, 6) is 0.0632. The van der Waals surface area contributed by atoms with Crippen LogP contribution in [0.3, 0.4) is 0 Å². The number of fused-ring (bicyclic) bond motifs is 1. The summed E-state index contributed by atoms with van der Waals surface area (Å²) in [6.45, 7) is 8.56.